The van der Waals surface area contributed by atoms with Crippen LogP contribution in [0.2, 0.25) is 0 Å². The number of hydrogen-bond acceptors (Lipinski definition) is 7. The Hall–Kier alpha value is -3.31. The maximum Gasteiger partial charge on any atom is 0.137 e. The molecule has 5 rings (SSSR count). The molecule has 180 valence electrons. The van der Waals surface area contributed by atoms with Crippen LogP contribution in [0.4, 0.5) is 0 Å². The average Bonchev–Trinajstić information content (AvgIpc) is 2.91. The summed E-state index contributed by atoms with van der Waals surface area (Å²) >= 11 is 0. The molecule has 3 heterocycles. The lowest BCUT2D eigenvalue weighted by Crippen LogP contribution is -2.35. The molecule has 7 heteroatoms. The highest BCUT2D eigenvalue weighted by Gasteiger charge is 2.18. The second kappa shape index (κ2) is 11.4. The molecular weight excluding hydrogens is 440 g/mol. The number of hydrogen-bond donors (Lipinski definition) is 0. The number of benzene rings is 2. The maximum atomic E-state index is 9.70. The quantitative estimate of drug-likeness (QED) is 0.516. The van der Waals surface area contributed by atoms with Gasteiger partial charge in [-0.15, -0.1) is 0 Å². The predicted molar refractivity (Wildman–Crippen MR) is 132 cm³/mol. The van der Waals surface area contributed by atoms with Crippen molar-refractivity contribution in [3.8, 4) is 23.1 Å². The first-order chi connectivity index (χ1) is 17.3. The summed E-state index contributed by atoms with van der Waals surface area (Å²) in [6.07, 6.45) is 4.21. The summed E-state index contributed by atoms with van der Waals surface area (Å²) in [6, 6.07) is 18.5. The zero-order valence-electron chi connectivity index (χ0n) is 19.9. The van der Waals surface area contributed by atoms with E-state index < -0.39 is 0 Å². The SMILES string of the molecule is N#Cc1cc(-c2ccnc(Cc3ccc(CN4CCOCC4)cc3)n2)ccc1OC1CCOCC1. The van der Waals surface area contributed by atoms with E-state index in [1.165, 1.54) is 11.1 Å². The van der Waals surface area contributed by atoms with Gasteiger partial charge in [0.25, 0.3) is 0 Å². The van der Waals surface area contributed by atoms with Gasteiger partial charge < -0.3 is 14.2 Å². The van der Waals surface area contributed by atoms with Crippen LogP contribution in [-0.2, 0) is 22.4 Å². The Morgan fingerprint density at radius 1 is 0.943 bits per heavy atom. The fraction of sp³-hybridized carbons (Fsp3) is 0.393. The number of rotatable bonds is 7. The molecule has 2 aromatic carbocycles. The predicted octanol–water partition coefficient (Wildman–Crippen LogP) is 4.00. The van der Waals surface area contributed by atoms with E-state index in [2.05, 4.69) is 40.2 Å². The third-order valence-electron chi connectivity index (χ3n) is 6.46. The van der Waals surface area contributed by atoms with Crippen LogP contribution in [0.25, 0.3) is 11.3 Å². The van der Waals surface area contributed by atoms with Gasteiger partial charge in [-0.25, -0.2) is 9.97 Å². The first-order valence-corrected chi connectivity index (χ1v) is 12.3. The topological polar surface area (TPSA) is 80.5 Å². The molecule has 0 atom stereocenters. The van der Waals surface area contributed by atoms with Gasteiger partial charge in [0.2, 0.25) is 0 Å². The van der Waals surface area contributed by atoms with Gasteiger partial charge in [-0.1, -0.05) is 24.3 Å². The molecule has 35 heavy (non-hydrogen) atoms. The van der Waals surface area contributed by atoms with E-state index in [1.807, 2.05) is 24.3 Å². The van der Waals surface area contributed by atoms with Crippen molar-refractivity contribution >= 4 is 0 Å². The lowest BCUT2D eigenvalue weighted by molar-refractivity contribution is 0.0254. The smallest absolute Gasteiger partial charge is 0.137 e. The van der Waals surface area contributed by atoms with E-state index >= 15 is 0 Å². The third-order valence-corrected chi connectivity index (χ3v) is 6.46. The molecule has 2 fully saturated rings. The molecule has 1 aromatic heterocycles. The standard InChI is InChI=1S/C28H30N4O3/c29-19-24-18-23(5-6-27(24)35-25-8-13-33-14-9-25)26-7-10-30-28(31-26)17-21-1-3-22(4-2-21)20-32-11-15-34-16-12-32/h1-7,10,18,25H,8-9,11-17,20H2. The van der Waals surface area contributed by atoms with Gasteiger partial charge in [-0.3, -0.25) is 4.90 Å². The van der Waals surface area contributed by atoms with E-state index in [0.717, 1.165) is 62.8 Å². The normalized spacial score (nSPS) is 17.1. The van der Waals surface area contributed by atoms with Crippen molar-refractivity contribution < 1.29 is 14.2 Å². The summed E-state index contributed by atoms with van der Waals surface area (Å²) in [5, 5.41) is 9.70. The van der Waals surface area contributed by atoms with E-state index in [9.17, 15) is 5.26 Å². The van der Waals surface area contributed by atoms with Crippen molar-refractivity contribution in [3.05, 3.63) is 77.2 Å². The van der Waals surface area contributed by atoms with Crippen LogP contribution in [0.3, 0.4) is 0 Å². The second-order valence-corrected chi connectivity index (χ2v) is 8.99. The fourth-order valence-electron chi connectivity index (χ4n) is 4.46. The largest absolute Gasteiger partial charge is 0.489 e. The zero-order valence-corrected chi connectivity index (χ0v) is 19.9. The van der Waals surface area contributed by atoms with E-state index in [4.69, 9.17) is 19.2 Å². The third kappa shape index (κ3) is 6.23. The van der Waals surface area contributed by atoms with Crippen molar-refractivity contribution in [1.29, 1.82) is 5.26 Å². The van der Waals surface area contributed by atoms with Crippen LogP contribution in [0, 0.1) is 11.3 Å². The van der Waals surface area contributed by atoms with E-state index in [0.29, 0.717) is 30.9 Å². The van der Waals surface area contributed by atoms with Crippen LogP contribution >= 0.6 is 0 Å². The summed E-state index contributed by atoms with van der Waals surface area (Å²) in [4.78, 5) is 11.7. The Morgan fingerprint density at radius 3 is 2.46 bits per heavy atom. The Bertz CT molecular complexity index is 1160. The summed E-state index contributed by atoms with van der Waals surface area (Å²) in [7, 11) is 0. The molecule has 0 spiro atoms. The molecule has 2 saturated heterocycles. The first-order valence-electron chi connectivity index (χ1n) is 12.3. The molecule has 0 unspecified atom stereocenters. The molecule has 7 nitrogen and oxygen atoms in total. The summed E-state index contributed by atoms with van der Waals surface area (Å²) in [5.41, 5.74) is 4.67. The zero-order chi connectivity index (χ0) is 23.9. The van der Waals surface area contributed by atoms with Gasteiger partial charge in [-0.05, 0) is 35.4 Å². The second-order valence-electron chi connectivity index (χ2n) is 8.99. The van der Waals surface area contributed by atoms with Gasteiger partial charge in [0, 0.05) is 50.7 Å². The van der Waals surface area contributed by atoms with Gasteiger partial charge in [0.15, 0.2) is 0 Å². The number of nitriles is 1. The highest BCUT2D eigenvalue weighted by atomic mass is 16.5. The molecule has 0 amide bonds. The van der Waals surface area contributed by atoms with Crippen LogP contribution in [0.5, 0.6) is 5.75 Å². The molecular formula is C28H30N4O3. The highest BCUT2D eigenvalue weighted by Crippen LogP contribution is 2.27. The van der Waals surface area contributed by atoms with Crippen molar-refractivity contribution in [2.45, 2.75) is 31.9 Å². The Balaban J connectivity index is 1.26. The number of ether oxygens (including phenoxy) is 3. The molecule has 0 radical (unpaired) electrons. The minimum Gasteiger partial charge on any atom is -0.489 e. The van der Waals surface area contributed by atoms with Crippen LogP contribution in [0.1, 0.15) is 35.4 Å². The molecule has 0 N–H and O–H groups in total. The summed E-state index contributed by atoms with van der Waals surface area (Å²) < 4.78 is 16.9. The van der Waals surface area contributed by atoms with Crippen molar-refractivity contribution in [1.82, 2.24) is 14.9 Å². The van der Waals surface area contributed by atoms with Crippen LogP contribution in [0.15, 0.2) is 54.7 Å². The van der Waals surface area contributed by atoms with Crippen molar-refractivity contribution in [2.75, 3.05) is 39.5 Å². The minimum absolute atomic E-state index is 0.0904. The van der Waals surface area contributed by atoms with Gasteiger partial charge in [0.05, 0.1) is 37.7 Å². The Morgan fingerprint density at radius 2 is 1.69 bits per heavy atom. The number of aromatic nitrogens is 2. The van der Waals surface area contributed by atoms with Crippen molar-refractivity contribution in [3.63, 3.8) is 0 Å². The molecule has 0 aliphatic carbocycles. The number of nitrogens with zero attached hydrogens (tertiary/aromatic N) is 4. The lowest BCUT2D eigenvalue weighted by Gasteiger charge is -2.26. The van der Waals surface area contributed by atoms with Gasteiger partial charge >= 0.3 is 0 Å². The summed E-state index contributed by atoms with van der Waals surface area (Å²) in [5.74, 6) is 1.37. The van der Waals surface area contributed by atoms with Gasteiger partial charge in [-0.2, -0.15) is 5.26 Å². The van der Waals surface area contributed by atoms with Crippen LogP contribution < -0.4 is 4.74 Å². The molecule has 0 saturated carbocycles. The molecule has 2 aliphatic rings. The van der Waals surface area contributed by atoms with Crippen molar-refractivity contribution in [2.24, 2.45) is 0 Å². The Kier molecular flexibility index (Phi) is 7.64. The Labute approximate surface area is 206 Å². The molecule has 0 bridgehead atoms. The maximum absolute atomic E-state index is 9.70. The summed E-state index contributed by atoms with van der Waals surface area (Å²) in [6.45, 7) is 5.94. The monoisotopic (exact) mass is 470 g/mol. The average molecular weight is 471 g/mol. The van der Waals surface area contributed by atoms with Gasteiger partial charge in [0.1, 0.15) is 23.7 Å². The highest BCUT2D eigenvalue weighted by molar-refractivity contribution is 5.64. The van der Waals surface area contributed by atoms with Crippen LogP contribution in [-0.4, -0.2) is 60.5 Å². The lowest BCUT2D eigenvalue weighted by atomic mass is 10.1. The fourth-order valence-corrected chi connectivity index (χ4v) is 4.46. The molecule has 2 aliphatic heterocycles. The number of morpholine rings is 1. The minimum atomic E-state index is 0.0904. The first kappa shape index (κ1) is 23.4. The van der Waals surface area contributed by atoms with E-state index in [1.54, 1.807) is 6.20 Å². The molecule has 3 aromatic rings. The van der Waals surface area contributed by atoms with E-state index in [-0.39, 0.29) is 6.10 Å².